The number of benzene rings is 1. The predicted octanol–water partition coefficient (Wildman–Crippen LogP) is 3.06. The van der Waals surface area contributed by atoms with Crippen LogP contribution in [0.4, 0.5) is 5.69 Å². The van der Waals surface area contributed by atoms with Crippen molar-refractivity contribution in [2.24, 2.45) is 0 Å². The quantitative estimate of drug-likeness (QED) is 0.664. The minimum Gasteiger partial charge on any atom is -0.480 e. The van der Waals surface area contributed by atoms with Gasteiger partial charge in [-0.25, -0.2) is 4.79 Å². The van der Waals surface area contributed by atoms with Crippen LogP contribution in [0.3, 0.4) is 0 Å². The van der Waals surface area contributed by atoms with Crippen LogP contribution in [-0.2, 0) is 9.59 Å². The van der Waals surface area contributed by atoms with Crippen LogP contribution in [0.1, 0.15) is 0 Å². The molecule has 0 fully saturated rings. The number of amides is 1. The number of aliphatic carboxylic acids is 1. The predicted molar refractivity (Wildman–Crippen MR) is 77.1 cm³/mol. The molecule has 0 saturated heterocycles. The highest BCUT2D eigenvalue weighted by Crippen LogP contribution is 2.34. The molecular formula is C12H9Cl2NO3S. The number of carbonyl (C=O) groups excluding carboxylic acids is 1. The number of carboxylic acid groups (broad SMARTS) is 1. The summed E-state index contributed by atoms with van der Waals surface area (Å²) in [6.45, 7) is 0. The van der Waals surface area contributed by atoms with E-state index in [4.69, 9.17) is 23.2 Å². The van der Waals surface area contributed by atoms with Gasteiger partial charge in [0.15, 0.2) is 0 Å². The van der Waals surface area contributed by atoms with Crippen LogP contribution < -0.4 is 5.32 Å². The van der Waals surface area contributed by atoms with Gasteiger partial charge in [-0.15, -0.1) is 11.8 Å². The Hall–Kier alpha value is -1.17. The molecule has 100 valence electrons. The van der Waals surface area contributed by atoms with Gasteiger partial charge in [-0.2, -0.15) is 0 Å². The third kappa shape index (κ3) is 2.88. The lowest BCUT2D eigenvalue weighted by Crippen LogP contribution is -2.44. The Morgan fingerprint density at radius 3 is 2.37 bits per heavy atom. The Balaban J connectivity index is 2.25. The molecule has 1 unspecified atom stereocenters. The molecule has 0 spiro atoms. The molecule has 1 aliphatic rings. The molecular weight excluding hydrogens is 309 g/mol. The zero-order valence-corrected chi connectivity index (χ0v) is 11.9. The third-order valence-corrected chi connectivity index (χ3v) is 4.28. The largest absolute Gasteiger partial charge is 0.480 e. The van der Waals surface area contributed by atoms with Crippen molar-refractivity contribution >= 4 is 52.5 Å². The lowest BCUT2D eigenvalue weighted by molar-refractivity contribution is -0.141. The lowest BCUT2D eigenvalue weighted by atomic mass is 10.1. The standard InChI is InChI=1S/C12H9Cl2NO3S/c13-7-4-8(14)6-9(5-7)15-10(16)12(11(17)18)2-1-3-19-12/h1-2,4-6H,3H2,(H,15,16)(H,17,18). The van der Waals surface area contributed by atoms with E-state index in [1.165, 1.54) is 24.3 Å². The van der Waals surface area contributed by atoms with E-state index in [0.29, 0.717) is 21.5 Å². The number of halogens is 2. The van der Waals surface area contributed by atoms with Gasteiger partial charge in [-0.3, -0.25) is 4.79 Å². The van der Waals surface area contributed by atoms with Crippen LogP contribution in [0.2, 0.25) is 10.0 Å². The van der Waals surface area contributed by atoms with E-state index in [-0.39, 0.29) is 0 Å². The van der Waals surface area contributed by atoms with Crippen molar-refractivity contribution in [1.82, 2.24) is 0 Å². The topological polar surface area (TPSA) is 66.4 Å². The molecule has 1 atom stereocenters. The Bertz CT molecular complexity index is 556. The maximum Gasteiger partial charge on any atom is 0.333 e. The first-order valence-electron chi connectivity index (χ1n) is 5.26. The second-order valence-corrected chi connectivity index (χ2v) is 6.01. The van der Waals surface area contributed by atoms with Gasteiger partial charge in [0.05, 0.1) is 0 Å². The number of carboxylic acids is 1. The van der Waals surface area contributed by atoms with E-state index < -0.39 is 16.6 Å². The Labute approximate surface area is 123 Å². The molecule has 4 nitrogen and oxygen atoms in total. The van der Waals surface area contributed by atoms with Gasteiger partial charge in [0.1, 0.15) is 0 Å². The zero-order valence-electron chi connectivity index (χ0n) is 9.52. The van der Waals surface area contributed by atoms with Crippen LogP contribution in [0.5, 0.6) is 0 Å². The first-order valence-corrected chi connectivity index (χ1v) is 7.01. The van der Waals surface area contributed by atoms with Gasteiger partial charge in [0.25, 0.3) is 5.91 Å². The number of thioether (sulfide) groups is 1. The van der Waals surface area contributed by atoms with Crippen LogP contribution in [0.25, 0.3) is 0 Å². The zero-order chi connectivity index (χ0) is 14.0. The van der Waals surface area contributed by atoms with Crippen LogP contribution >= 0.6 is 35.0 Å². The van der Waals surface area contributed by atoms with Gasteiger partial charge in [-0.1, -0.05) is 35.4 Å². The maximum absolute atomic E-state index is 12.2. The number of hydrogen-bond acceptors (Lipinski definition) is 3. The minimum absolute atomic E-state index is 0.363. The van der Waals surface area contributed by atoms with E-state index in [1.54, 1.807) is 6.08 Å². The highest BCUT2D eigenvalue weighted by molar-refractivity contribution is 8.02. The summed E-state index contributed by atoms with van der Waals surface area (Å²) in [4.78, 5) is 23.5. The molecule has 0 saturated carbocycles. The molecule has 0 aliphatic carbocycles. The highest BCUT2D eigenvalue weighted by Gasteiger charge is 2.46. The van der Waals surface area contributed by atoms with Crippen LogP contribution in [-0.4, -0.2) is 27.5 Å². The summed E-state index contributed by atoms with van der Waals surface area (Å²) in [6, 6.07) is 4.53. The van der Waals surface area contributed by atoms with Crippen molar-refractivity contribution in [2.45, 2.75) is 4.75 Å². The molecule has 0 bridgehead atoms. The number of carbonyl (C=O) groups is 2. The summed E-state index contributed by atoms with van der Waals surface area (Å²) in [6.07, 6.45) is 3.05. The van der Waals surface area contributed by atoms with Gasteiger partial charge in [0, 0.05) is 21.5 Å². The van der Waals surface area contributed by atoms with Gasteiger partial charge in [0.2, 0.25) is 4.75 Å². The first-order chi connectivity index (χ1) is 8.94. The normalized spacial score (nSPS) is 21.4. The minimum atomic E-state index is -1.59. The number of anilines is 1. The SMILES string of the molecule is O=C(O)C1(C(=O)Nc2cc(Cl)cc(Cl)c2)C=CCS1. The van der Waals surface area contributed by atoms with Gasteiger partial charge >= 0.3 is 5.97 Å². The average Bonchev–Trinajstić information content (AvgIpc) is 2.77. The van der Waals surface area contributed by atoms with Crippen LogP contribution in [0.15, 0.2) is 30.4 Å². The van der Waals surface area contributed by atoms with E-state index in [1.807, 2.05) is 0 Å². The molecule has 1 amide bonds. The van der Waals surface area contributed by atoms with E-state index in [0.717, 1.165) is 11.8 Å². The molecule has 1 aromatic rings. The van der Waals surface area contributed by atoms with Crippen molar-refractivity contribution in [2.75, 3.05) is 11.1 Å². The van der Waals surface area contributed by atoms with Crippen molar-refractivity contribution in [3.8, 4) is 0 Å². The molecule has 7 heteroatoms. The van der Waals surface area contributed by atoms with E-state index >= 15 is 0 Å². The first kappa shape index (κ1) is 14.2. The fourth-order valence-corrected chi connectivity index (χ4v) is 3.14. The monoisotopic (exact) mass is 317 g/mol. The van der Waals surface area contributed by atoms with Gasteiger partial charge < -0.3 is 10.4 Å². The molecule has 2 rings (SSSR count). The molecule has 0 radical (unpaired) electrons. The fraction of sp³-hybridized carbons (Fsp3) is 0.167. The molecule has 1 aliphatic heterocycles. The Kier molecular flexibility index (Phi) is 4.08. The Morgan fingerprint density at radius 2 is 1.89 bits per heavy atom. The van der Waals surface area contributed by atoms with E-state index in [2.05, 4.69) is 5.32 Å². The number of hydrogen-bond donors (Lipinski definition) is 2. The van der Waals surface area contributed by atoms with Crippen LogP contribution in [0, 0.1) is 0 Å². The molecule has 1 heterocycles. The van der Waals surface area contributed by atoms with Crippen molar-refractivity contribution < 1.29 is 14.7 Å². The molecule has 0 aromatic heterocycles. The summed E-state index contributed by atoms with van der Waals surface area (Å²) >= 11 is 12.7. The summed E-state index contributed by atoms with van der Waals surface area (Å²) in [5.41, 5.74) is 0.365. The number of rotatable bonds is 3. The fourth-order valence-electron chi connectivity index (χ4n) is 1.66. The summed E-state index contributed by atoms with van der Waals surface area (Å²) in [5, 5.41) is 12.5. The maximum atomic E-state index is 12.2. The average molecular weight is 318 g/mol. The summed E-state index contributed by atoms with van der Waals surface area (Å²) in [7, 11) is 0. The highest BCUT2D eigenvalue weighted by atomic mass is 35.5. The lowest BCUT2D eigenvalue weighted by Gasteiger charge is -2.20. The molecule has 2 N–H and O–H groups in total. The van der Waals surface area contributed by atoms with Crippen molar-refractivity contribution in [3.63, 3.8) is 0 Å². The molecule has 19 heavy (non-hydrogen) atoms. The Morgan fingerprint density at radius 1 is 1.26 bits per heavy atom. The van der Waals surface area contributed by atoms with E-state index in [9.17, 15) is 14.7 Å². The second-order valence-electron chi connectivity index (χ2n) is 3.87. The second kappa shape index (κ2) is 5.45. The van der Waals surface area contributed by atoms with Crippen molar-refractivity contribution in [3.05, 3.63) is 40.4 Å². The summed E-state index contributed by atoms with van der Waals surface area (Å²) in [5.74, 6) is -1.34. The third-order valence-electron chi connectivity index (χ3n) is 2.54. The summed E-state index contributed by atoms with van der Waals surface area (Å²) < 4.78 is -1.59. The smallest absolute Gasteiger partial charge is 0.333 e. The molecule has 1 aromatic carbocycles. The number of nitrogens with one attached hydrogen (secondary N) is 1. The van der Waals surface area contributed by atoms with Crippen molar-refractivity contribution in [1.29, 1.82) is 0 Å². The van der Waals surface area contributed by atoms with Gasteiger partial charge in [-0.05, 0) is 18.2 Å².